The van der Waals surface area contributed by atoms with E-state index in [-0.39, 0.29) is 5.03 Å². The Bertz CT molecular complexity index is 895. The zero-order chi connectivity index (χ0) is 16.0. The van der Waals surface area contributed by atoms with Gasteiger partial charge in [0.1, 0.15) is 10.8 Å². The minimum Gasteiger partial charge on any atom is -0.497 e. The molecule has 1 aliphatic rings. The lowest BCUT2D eigenvalue weighted by Gasteiger charge is -2.27. The van der Waals surface area contributed by atoms with Crippen molar-refractivity contribution in [3.05, 3.63) is 46.1 Å². The topological polar surface area (TPSA) is 59.2 Å². The van der Waals surface area contributed by atoms with E-state index >= 15 is 0 Å². The molecule has 1 atom stereocenters. The molecule has 0 saturated heterocycles. The first-order valence-electron chi connectivity index (χ1n) is 6.81. The molecular weight excluding hydrogens is 413 g/mol. The second-order valence-electron chi connectivity index (χ2n) is 5.55. The Morgan fingerprint density at radius 1 is 1.32 bits per heavy atom. The number of aromatic nitrogens is 1. The fourth-order valence-corrected chi connectivity index (χ4v) is 5.49. The van der Waals surface area contributed by atoms with Crippen molar-refractivity contribution in [2.24, 2.45) is 0 Å². The standard InChI is InChI=1S/C16H16INO3S/c1-16(7-3-4-12(17)10-16)22(19,20)15-9-11-8-13(21-2)5-6-14(11)18-15/h3-9,18H,10H2,1-2H3. The summed E-state index contributed by atoms with van der Waals surface area (Å²) in [5.41, 5.74) is 0.785. The lowest BCUT2D eigenvalue weighted by Crippen LogP contribution is -2.34. The number of ether oxygens (including phenoxy) is 1. The smallest absolute Gasteiger partial charge is 0.202 e. The van der Waals surface area contributed by atoms with E-state index in [0.717, 1.165) is 14.5 Å². The molecule has 4 nitrogen and oxygen atoms in total. The van der Waals surface area contributed by atoms with Crippen molar-refractivity contribution in [2.45, 2.75) is 23.1 Å². The monoisotopic (exact) mass is 429 g/mol. The van der Waals surface area contributed by atoms with E-state index in [0.29, 0.717) is 12.2 Å². The van der Waals surface area contributed by atoms with E-state index in [9.17, 15) is 8.42 Å². The van der Waals surface area contributed by atoms with Gasteiger partial charge >= 0.3 is 0 Å². The number of H-pyrrole nitrogens is 1. The maximum Gasteiger partial charge on any atom is 0.202 e. The number of aromatic amines is 1. The molecule has 1 aromatic heterocycles. The lowest BCUT2D eigenvalue weighted by molar-refractivity contribution is 0.415. The molecule has 3 rings (SSSR count). The van der Waals surface area contributed by atoms with Crippen molar-refractivity contribution in [1.82, 2.24) is 4.98 Å². The number of allylic oxidation sites excluding steroid dienone is 3. The third-order valence-electron chi connectivity index (χ3n) is 3.95. The fraction of sp³-hybridized carbons (Fsp3) is 0.250. The van der Waals surface area contributed by atoms with Crippen molar-refractivity contribution in [3.63, 3.8) is 0 Å². The van der Waals surface area contributed by atoms with Gasteiger partial charge in [0.2, 0.25) is 9.84 Å². The molecule has 1 aromatic carbocycles. The zero-order valence-corrected chi connectivity index (χ0v) is 15.2. The van der Waals surface area contributed by atoms with Crippen LogP contribution >= 0.6 is 22.6 Å². The average Bonchev–Trinajstić information content (AvgIpc) is 2.90. The van der Waals surface area contributed by atoms with Gasteiger partial charge in [-0.15, -0.1) is 0 Å². The maximum absolute atomic E-state index is 13.0. The number of sulfone groups is 1. The van der Waals surface area contributed by atoms with Gasteiger partial charge in [-0.3, -0.25) is 0 Å². The first-order chi connectivity index (χ1) is 10.4. The molecule has 0 amide bonds. The minimum atomic E-state index is -3.50. The van der Waals surface area contributed by atoms with Gasteiger partial charge in [-0.25, -0.2) is 8.42 Å². The number of halogens is 1. The van der Waals surface area contributed by atoms with Gasteiger partial charge < -0.3 is 9.72 Å². The van der Waals surface area contributed by atoms with Crippen LogP contribution in [0.25, 0.3) is 10.9 Å². The Hall–Kier alpha value is -1.28. The highest BCUT2D eigenvalue weighted by Crippen LogP contribution is 2.37. The highest BCUT2D eigenvalue weighted by atomic mass is 127. The van der Waals surface area contributed by atoms with Crippen molar-refractivity contribution >= 4 is 43.3 Å². The highest BCUT2D eigenvalue weighted by molar-refractivity contribution is 14.1. The first kappa shape index (κ1) is 15.6. The fourth-order valence-electron chi connectivity index (χ4n) is 2.60. The normalized spacial score (nSPS) is 21.9. The van der Waals surface area contributed by atoms with Crippen molar-refractivity contribution < 1.29 is 13.2 Å². The van der Waals surface area contributed by atoms with Crippen LogP contribution in [0, 0.1) is 0 Å². The van der Waals surface area contributed by atoms with Crippen LogP contribution < -0.4 is 4.74 Å². The summed E-state index contributed by atoms with van der Waals surface area (Å²) in [7, 11) is -1.91. The summed E-state index contributed by atoms with van der Waals surface area (Å²) in [6, 6.07) is 7.14. The molecule has 1 N–H and O–H groups in total. The van der Waals surface area contributed by atoms with Crippen LogP contribution in [0.15, 0.2) is 51.1 Å². The molecule has 2 aromatic rings. The van der Waals surface area contributed by atoms with Gasteiger partial charge in [-0.2, -0.15) is 0 Å². The zero-order valence-electron chi connectivity index (χ0n) is 12.3. The Labute approximate surface area is 143 Å². The quantitative estimate of drug-likeness (QED) is 0.751. The van der Waals surface area contributed by atoms with Crippen LogP contribution in [0.3, 0.4) is 0 Å². The van der Waals surface area contributed by atoms with Crippen LogP contribution in [0.5, 0.6) is 5.75 Å². The second kappa shape index (κ2) is 5.42. The molecule has 0 radical (unpaired) electrons. The summed E-state index contributed by atoms with van der Waals surface area (Å²) in [5, 5.41) is 1.07. The van der Waals surface area contributed by atoms with E-state index < -0.39 is 14.6 Å². The predicted octanol–water partition coefficient (Wildman–Crippen LogP) is 3.99. The van der Waals surface area contributed by atoms with Gasteiger partial charge in [0, 0.05) is 17.3 Å². The molecule has 1 unspecified atom stereocenters. The van der Waals surface area contributed by atoms with Gasteiger partial charge in [-0.05, 0) is 57.4 Å². The van der Waals surface area contributed by atoms with Gasteiger partial charge in [-0.1, -0.05) is 18.2 Å². The Morgan fingerprint density at radius 3 is 2.77 bits per heavy atom. The molecule has 0 spiro atoms. The van der Waals surface area contributed by atoms with E-state index in [4.69, 9.17) is 4.74 Å². The number of benzene rings is 1. The Morgan fingerprint density at radius 2 is 2.09 bits per heavy atom. The van der Waals surface area contributed by atoms with Gasteiger partial charge in [0.25, 0.3) is 0 Å². The minimum absolute atomic E-state index is 0.244. The average molecular weight is 429 g/mol. The highest BCUT2D eigenvalue weighted by Gasteiger charge is 2.40. The first-order valence-corrected chi connectivity index (χ1v) is 9.37. The molecule has 0 aliphatic heterocycles. The summed E-state index contributed by atoms with van der Waals surface area (Å²) < 4.78 is 31.4. The van der Waals surface area contributed by atoms with E-state index in [1.54, 1.807) is 26.2 Å². The largest absolute Gasteiger partial charge is 0.497 e. The number of fused-ring (bicyclic) bond motifs is 1. The van der Waals surface area contributed by atoms with Crippen LogP contribution in [0.2, 0.25) is 0 Å². The van der Waals surface area contributed by atoms with Crippen molar-refractivity contribution in [3.8, 4) is 5.75 Å². The summed E-state index contributed by atoms with van der Waals surface area (Å²) in [4.78, 5) is 3.03. The lowest BCUT2D eigenvalue weighted by atomic mass is 10.0. The van der Waals surface area contributed by atoms with E-state index in [1.165, 1.54) is 0 Å². The molecule has 0 saturated carbocycles. The third-order valence-corrected chi connectivity index (χ3v) is 7.00. The molecule has 6 heteroatoms. The van der Waals surface area contributed by atoms with Gasteiger partial charge in [0.05, 0.1) is 11.9 Å². The number of nitrogens with one attached hydrogen (secondary N) is 1. The summed E-state index contributed by atoms with van der Waals surface area (Å²) in [6.07, 6.45) is 6.00. The van der Waals surface area contributed by atoms with Crippen LogP contribution in [0.4, 0.5) is 0 Å². The molecule has 1 heterocycles. The van der Waals surface area contributed by atoms with E-state index in [1.807, 2.05) is 30.4 Å². The number of rotatable bonds is 3. The van der Waals surface area contributed by atoms with Crippen molar-refractivity contribution in [1.29, 1.82) is 0 Å². The number of methoxy groups -OCH3 is 1. The number of hydrogen-bond acceptors (Lipinski definition) is 3. The van der Waals surface area contributed by atoms with Gasteiger partial charge in [0.15, 0.2) is 0 Å². The van der Waals surface area contributed by atoms with Crippen LogP contribution in [-0.4, -0.2) is 25.3 Å². The molecule has 22 heavy (non-hydrogen) atoms. The Balaban J connectivity index is 2.09. The Kier molecular flexibility index (Phi) is 3.84. The molecule has 116 valence electrons. The third kappa shape index (κ3) is 2.48. The molecule has 0 bridgehead atoms. The molecule has 0 fully saturated rings. The maximum atomic E-state index is 13.0. The predicted molar refractivity (Wildman–Crippen MR) is 96.3 cm³/mol. The summed E-state index contributed by atoms with van der Waals surface area (Å²) in [6.45, 7) is 1.76. The SMILES string of the molecule is COc1ccc2[nH]c(S(=O)(=O)C3(C)C=CC=C(I)C3)cc2c1. The van der Waals surface area contributed by atoms with Crippen LogP contribution in [-0.2, 0) is 9.84 Å². The second-order valence-corrected chi connectivity index (χ2v) is 9.32. The molecular formula is C16H16INO3S. The summed E-state index contributed by atoms with van der Waals surface area (Å²) in [5.74, 6) is 0.705. The number of hydrogen-bond donors (Lipinski definition) is 1. The van der Waals surface area contributed by atoms with E-state index in [2.05, 4.69) is 27.6 Å². The molecule has 1 aliphatic carbocycles. The summed E-state index contributed by atoms with van der Waals surface area (Å²) >= 11 is 2.18. The van der Waals surface area contributed by atoms with Crippen molar-refractivity contribution in [2.75, 3.05) is 7.11 Å². The van der Waals surface area contributed by atoms with Crippen LogP contribution in [0.1, 0.15) is 13.3 Å².